The molecule has 0 unspecified atom stereocenters. The van der Waals surface area contributed by atoms with Crippen LogP contribution in [0.2, 0.25) is 0 Å². The Hall–Kier alpha value is -7.92. The van der Waals surface area contributed by atoms with Crippen molar-refractivity contribution in [1.82, 2.24) is 0 Å². The third-order valence-electron chi connectivity index (χ3n) is 11.9. The van der Waals surface area contributed by atoms with Gasteiger partial charge in [-0.3, -0.25) is 19.2 Å². The Labute approximate surface area is 495 Å². The maximum atomic E-state index is 13.3. The molecule has 0 heterocycles. The van der Waals surface area contributed by atoms with Crippen molar-refractivity contribution in [3.8, 4) is 0 Å². The lowest BCUT2D eigenvalue weighted by molar-refractivity contribution is -0.141. The van der Waals surface area contributed by atoms with Gasteiger partial charge in [0, 0.05) is 105 Å². The smallest absolute Gasteiger partial charge is 0.318 e. The minimum absolute atomic E-state index is 0.0168. The molecule has 0 saturated heterocycles. The van der Waals surface area contributed by atoms with Crippen molar-refractivity contribution >= 4 is 120 Å². The second-order valence-corrected chi connectivity index (χ2v) is 23.3. The highest BCUT2D eigenvalue weighted by Crippen LogP contribution is 2.31. The van der Waals surface area contributed by atoms with Crippen LogP contribution in [0.25, 0.3) is 10.8 Å². The molecule has 0 aliphatic heterocycles. The molecule has 9 aromatic carbocycles. The maximum Gasteiger partial charge on any atom is 0.331 e. The Morgan fingerprint density at radius 1 is 0.370 bits per heavy atom. The van der Waals surface area contributed by atoms with E-state index in [1.807, 2.05) is 146 Å². The number of Topliss-reactive ketones (excluding diaryl/α,β-unsaturated/α-hetero) is 2. The highest BCUT2D eigenvalue weighted by molar-refractivity contribution is 9.10. The summed E-state index contributed by atoms with van der Waals surface area (Å²) in [5, 5.41) is 10.1. The van der Waals surface area contributed by atoms with E-state index in [0.717, 1.165) is 39.2 Å². The third kappa shape index (κ3) is 18.0. The predicted octanol–water partition coefficient (Wildman–Crippen LogP) is 16.6. The maximum absolute atomic E-state index is 13.3. The van der Waals surface area contributed by atoms with E-state index < -0.39 is 11.9 Å². The van der Waals surface area contributed by atoms with Gasteiger partial charge in [-0.25, -0.2) is 9.59 Å². The Bertz CT molecular complexity index is 3710. The molecule has 0 fully saturated rings. The fourth-order valence-corrected chi connectivity index (χ4v) is 11.4. The van der Waals surface area contributed by atoms with Crippen molar-refractivity contribution in [2.24, 2.45) is 10.3 Å². The lowest BCUT2D eigenvalue weighted by Gasteiger charge is -2.08. The van der Waals surface area contributed by atoms with Crippen LogP contribution in [-0.2, 0) is 19.3 Å². The number of carbonyl (C=O) groups excluding carboxylic acids is 6. The van der Waals surface area contributed by atoms with Gasteiger partial charge in [-0.05, 0) is 144 Å². The lowest BCUT2D eigenvalue weighted by atomic mass is 10.0. The van der Waals surface area contributed by atoms with Crippen LogP contribution in [0.4, 0.5) is 0 Å². The average Bonchev–Trinajstić information content (AvgIpc) is 3.50. The van der Waals surface area contributed by atoms with E-state index in [4.69, 9.17) is 9.68 Å². The van der Waals surface area contributed by atoms with Gasteiger partial charge in [0.25, 0.3) is 0 Å². The molecule has 0 aliphatic rings. The zero-order chi connectivity index (χ0) is 56.9. The molecular weight excluding hydrogens is 1160 g/mol. The highest BCUT2D eigenvalue weighted by atomic mass is 79.9. The Balaban J connectivity index is 0.000000213. The first kappa shape index (κ1) is 59.2. The summed E-state index contributed by atoms with van der Waals surface area (Å²) >= 11 is 9.69. The van der Waals surface area contributed by atoms with Crippen molar-refractivity contribution in [2.45, 2.75) is 56.1 Å². The molecule has 9 aromatic rings. The van der Waals surface area contributed by atoms with Gasteiger partial charge in [-0.1, -0.05) is 141 Å². The lowest BCUT2D eigenvalue weighted by Crippen LogP contribution is -2.16. The summed E-state index contributed by atoms with van der Waals surface area (Å²) in [6.45, 7) is 2.50. The first-order chi connectivity index (χ1) is 39.3. The summed E-state index contributed by atoms with van der Waals surface area (Å²) in [5.41, 5.74) is 3.87. The van der Waals surface area contributed by atoms with Crippen LogP contribution in [0.3, 0.4) is 0 Å². The molecule has 81 heavy (non-hydrogen) atoms. The van der Waals surface area contributed by atoms with Crippen molar-refractivity contribution in [2.75, 3.05) is 11.5 Å². The fraction of sp³-hybridized carbons (Fsp3) is 0.0909. The van der Waals surface area contributed by atoms with E-state index in [-0.39, 0.29) is 34.6 Å². The number of ketones is 4. The molecule has 0 amide bonds. The third-order valence-corrected chi connectivity index (χ3v) is 16.4. The highest BCUT2D eigenvalue weighted by Gasteiger charge is 2.19. The summed E-state index contributed by atoms with van der Waals surface area (Å²) < 4.78 is 0.996. The molecule has 0 aromatic heterocycles. The van der Waals surface area contributed by atoms with Crippen LogP contribution in [0.5, 0.6) is 0 Å². The van der Waals surface area contributed by atoms with Crippen LogP contribution in [0.15, 0.2) is 269 Å². The van der Waals surface area contributed by atoms with Crippen LogP contribution < -0.4 is 0 Å². The standard InChI is InChI=1S/C35H27NO4S2.C31H24BrNO4S2/c1-24(37)40-36-33(21-22-41-32-20-11-25-7-5-6-10-29(25)23-32)35(39)28-14-18-31(19-15-28)42-30-16-12-27(13-17-30)34(38)26-8-3-2-4-9-26;1-21(34)37-33-29(19-20-38-26-17-11-25(32)12-18-26)31(36)24-9-15-28(16-10-24)39-27-13-7-23(8-14-27)30(35)22-5-3-2-4-6-22/h2-20,23H,21-22H2,1H3;2-18H,19-20H2,1H3/b36-33+;33-29+. The summed E-state index contributed by atoms with van der Waals surface area (Å²) in [7, 11) is 0. The van der Waals surface area contributed by atoms with Crippen molar-refractivity contribution in [1.29, 1.82) is 0 Å². The Morgan fingerprint density at radius 2 is 0.704 bits per heavy atom. The van der Waals surface area contributed by atoms with Gasteiger partial charge in [0.15, 0.2) is 11.6 Å². The molecule has 0 spiro atoms. The zero-order valence-electron chi connectivity index (χ0n) is 43.9. The number of benzene rings is 9. The summed E-state index contributed by atoms with van der Waals surface area (Å²) in [4.78, 5) is 90.1. The van der Waals surface area contributed by atoms with Gasteiger partial charge >= 0.3 is 11.9 Å². The first-order valence-electron chi connectivity index (χ1n) is 25.4. The second kappa shape index (κ2) is 30.1. The normalized spacial score (nSPS) is 11.2. The minimum Gasteiger partial charge on any atom is -0.318 e. The van der Waals surface area contributed by atoms with E-state index in [0.29, 0.717) is 57.7 Å². The number of hydrogen-bond acceptors (Lipinski definition) is 14. The van der Waals surface area contributed by atoms with Crippen molar-refractivity contribution in [3.05, 3.63) is 262 Å². The number of halogens is 1. The molecule has 0 bridgehead atoms. The molecule has 15 heteroatoms. The van der Waals surface area contributed by atoms with Gasteiger partial charge in [0.05, 0.1) is 0 Å². The number of thioether (sulfide) groups is 2. The minimum atomic E-state index is -0.580. The number of oxime groups is 2. The first-order valence-corrected chi connectivity index (χ1v) is 29.8. The summed E-state index contributed by atoms with van der Waals surface area (Å²) in [5.74, 6) is -0.558. The van der Waals surface area contributed by atoms with Gasteiger partial charge in [-0.15, -0.1) is 23.5 Å². The predicted molar refractivity (Wildman–Crippen MR) is 330 cm³/mol. The Kier molecular flexibility index (Phi) is 22.0. The van der Waals surface area contributed by atoms with Crippen molar-refractivity contribution in [3.63, 3.8) is 0 Å². The van der Waals surface area contributed by atoms with E-state index in [2.05, 4.69) is 56.6 Å². The van der Waals surface area contributed by atoms with Crippen molar-refractivity contribution < 1.29 is 38.4 Å². The summed E-state index contributed by atoms with van der Waals surface area (Å²) in [6, 6.07) is 70.1. The van der Waals surface area contributed by atoms with Gasteiger partial charge in [0.2, 0.25) is 11.6 Å². The van der Waals surface area contributed by atoms with E-state index in [1.165, 1.54) is 42.8 Å². The van der Waals surface area contributed by atoms with Crippen LogP contribution in [-0.4, -0.2) is 58.0 Å². The SMILES string of the molecule is CC(=O)O/N=C(\CCSc1ccc(Br)cc1)C(=O)c1ccc(Sc2ccc(C(=O)c3ccccc3)cc2)cc1.CC(=O)O/N=C(\CCSc1ccc2ccccc2c1)C(=O)c1ccc(Sc2ccc(C(=O)c3ccccc3)cc2)cc1. The summed E-state index contributed by atoms with van der Waals surface area (Å²) in [6.07, 6.45) is 0.686. The van der Waals surface area contributed by atoms with Gasteiger partial charge in [-0.2, -0.15) is 0 Å². The zero-order valence-corrected chi connectivity index (χ0v) is 48.7. The topological polar surface area (TPSA) is 146 Å². The second-order valence-electron chi connectivity index (χ2n) is 17.8. The number of carbonyl (C=O) groups is 6. The molecule has 0 saturated carbocycles. The molecule has 0 N–H and O–H groups in total. The fourth-order valence-electron chi connectivity index (χ4n) is 7.77. The Morgan fingerprint density at radius 3 is 1.11 bits per heavy atom. The van der Waals surface area contributed by atoms with E-state index in [1.54, 1.807) is 72.1 Å². The number of hydrogen-bond donors (Lipinski definition) is 0. The van der Waals surface area contributed by atoms with E-state index in [9.17, 15) is 28.8 Å². The quantitative estimate of drug-likeness (QED) is 0.0209. The molecule has 9 rings (SSSR count). The molecule has 0 atom stereocenters. The van der Waals surface area contributed by atoms with Crippen LogP contribution in [0.1, 0.15) is 79.2 Å². The largest absolute Gasteiger partial charge is 0.331 e. The number of nitrogens with zero attached hydrogens (tertiary/aromatic N) is 2. The number of fused-ring (bicyclic) bond motifs is 1. The molecular formula is C66H51BrN2O8S4. The van der Waals surface area contributed by atoms with Crippen LogP contribution >= 0.6 is 63.0 Å². The number of rotatable bonds is 22. The van der Waals surface area contributed by atoms with Gasteiger partial charge < -0.3 is 9.68 Å². The molecule has 0 aliphatic carbocycles. The average molecular weight is 1210 g/mol. The monoisotopic (exact) mass is 1210 g/mol. The molecule has 404 valence electrons. The molecule has 10 nitrogen and oxygen atoms in total. The van der Waals surface area contributed by atoms with E-state index >= 15 is 0 Å². The molecule has 0 radical (unpaired) electrons. The van der Waals surface area contributed by atoms with Crippen LogP contribution in [0, 0.1) is 0 Å². The van der Waals surface area contributed by atoms with Gasteiger partial charge in [0.1, 0.15) is 11.4 Å².